The normalized spacial score (nSPS) is 19.8. The number of aromatic nitrogens is 2. The molecule has 5 heteroatoms. The van der Waals surface area contributed by atoms with Gasteiger partial charge in [0, 0.05) is 38.4 Å². The van der Waals surface area contributed by atoms with E-state index >= 15 is 0 Å². The Balaban J connectivity index is 1.96. The first-order valence-electron chi connectivity index (χ1n) is 6.67. The molecule has 1 aromatic heterocycles. The highest BCUT2D eigenvalue weighted by Crippen LogP contribution is 2.15. The van der Waals surface area contributed by atoms with E-state index in [2.05, 4.69) is 10.4 Å². The Morgan fingerprint density at radius 1 is 1.67 bits per heavy atom. The van der Waals surface area contributed by atoms with E-state index < -0.39 is 0 Å². The van der Waals surface area contributed by atoms with Crippen LogP contribution in [-0.2, 0) is 18.4 Å². The number of nitrogens with one attached hydrogen (secondary N) is 1. The maximum Gasteiger partial charge on any atom is 0.227 e. The molecule has 1 atom stereocenters. The first-order valence-corrected chi connectivity index (χ1v) is 6.67. The van der Waals surface area contributed by atoms with Gasteiger partial charge in [-0.25, -0.2) is 0 Å². The highest BCUT2D eigenvalue weighted by Gasteiger charge is 2.25. The van der Waals surface area contributed by atoms with Gasteiger partial charge < -0.3 is 10.2 Å². The molecule has 2 heterocycles. The Morgan fingerprint density at radius 2 is 2.50 bits per heavy atom. The number of piperidine rings is 1. The van der Waals surface area contributed by atoms with Gasteiger partial charge in [-0.2, -0.15) is 5.10 Å². The summed E-state index contributed by atoms with van der Waals surface area (Å²) in [7, 11) is 1.90. The summed E-state index contributed by atoms with van der Waals surface area (Å²) in [6.07, 6.45) is 5.90. The highest BCUT2D eigenvalue weighted by molar-refractivity contribution is 5.79. The van der Waals surface area contributed by atoms with E-state index in [9.17, 15) is 4.79 Å². The summed E-state index contributed by atoms with van der Waals surface area (Å²) in [5, 5.41) is 7.44. The molecule has 0 aliphatic carbocycles. The van der Waals surface area contributed by atoms with Crippen LogP contribution < -0.4 is 5.32 Å². The summed E-state index contributed by atoms with van der Waals surface area (Å²) in [5.41, 5.74) is 1.09. The Morgan fingerprint density at radius 3 is 3.06 bits per heavy atom. The largest absolute Gasteiger partial charge is 0.338 e. The van der Waals surface area contributed by atoms with Gasteiger partial charge in [-0.05, 0) is 26.3 Å². The monoisotopic (exact) mass is 250 g/mol. The van der Waals surface area contributed by atoms with E-state index in [1.807, 2.05) is 31.3 Å². The van der Waals surface area contributed by atoms with E-state index in [4.69, 9.17) is 0 Å². The highest BCUT2D eigenvalue weighted by atomic mass is 16.2. The second kappa shape index (κ2) is 6.00. The van der Waals surface area contributed by atoms with Crippen molar-refractivity contribution >= 4 is 5.91 Å². The Kier molecular flexibility index (Phi) is 4.36. The molecule has 1 aliphatic rings. The zero-order valence-corrected chi connectivity index (χ0v) is 11.2. The van der Waals surface area contributed by atoms with Gasteiger partial charge in [0.25, 0.3) is 0 Å². The van der Waals surface area contributed by atoms with Gasteiger partial charge in [-0.1, -0.05) is 0 Å². The van der Waals surface area contributed by atoms with Crippen LogP contribution in [0.25, 0.3) is 0 Å². The minimum absolute atomic E-state index is 0.148. The molecule has 1 aliphatic heterocycles. The minimum Gasteiger partial charge on any atom is -0.338 e. The Labute approximate surface area is 108 Å². The quantitative estimate of drug-likeness (QED) is 0.858. The summed E-state index contributed by atoms with van der Waals surface area (Å²) < 4.78 is 1.77. The van der Waals surface area contributed by atoms with Crippen molar-refractivity contribution in [1.29, 1.82) is 0 Å². The smallest absolute Gasteiger partial charge is 0.227 e. The maximum atomic E-state index is 12.4. The third-order valence-corrected chi connectivity index (χ3v) is 3.47. The fourth-order valence-corrected chi connectivity index (χ4v) is 2.44. The summed E-state index contributed by atoms with van der Waals surface area (Å²) in [5.74, 6) is 0.420. The predicted molar refractivity (Wildman–Crippen MR) is 69.9 cm³/mol. The fraction of sp³-hybridized carbons (Fsp3) is 0.692. The van der Waals surface area contributed by atoms with Crippen LogP contribution >= 0.6 is 0 Å². The van der Waals surface area contributed by atoms with Crippen molar-refractivity contribution in [2.75, 3.05) is 19.6 Å². The van der Waals surface area contributed by atoms with Crippen LogP contribution in [0.3, 0.4) is 0 Å². The van der Waals surface area contributed by atoms with Crippen LogP contribution in [0.4, 0.5) is 0 Å². The summed E-state index contributed by atoms with van der Waals surface area (Å²) in [4.78, 5) is 14.3. The number of aryl methyl sites for hydroxylation is 1. The number of hydrogen-bond donors (Lipinski definition) is 1. The standard InChI is InChI=1S/C13H22N4O/c1-3-17(10-11-7-15-16(2)9-11)13(18)12-5-4-6-14-8-12/h7,9,12,14H,3-6,8,10H2,1-2H3. The van der Waals surface area contributed by atoms with Gasteiger partial charge in [0.15, 0.2) is 0 Å². The van der Waals surface area contributed by atoms with Crippen LogP contribution in [0.2, 0.25) is 0 Å². The van der Waals surface area contributed by atoms with Crippen molar-refractivity contribution in [2.24, 2.45) is 13.0 Å². The molecule has 1 amide bonds. The molecule has 1 aromatic rings. The van der Waals surface area contributed by atoms with E-state index in [-0.39, 0.29) is 11.8 Å². The first kappa shape index (κ1) is 13.1. The summed E-state index contributed by atoms with van der Waals surface area (Å²) >= 11 is 0. The maximum absolute atomic E-state index is 12.4. The average Bonchev–Trinajstić information content (AvgIpc) is 2.82. The molecular formula is C13H22N4O. The van der Waals surface area contributed by atoms with Crippen molar-refractivity contribution in [1.82, 2.24) is 20.0 Å². The van der Waals surface area contributed by atoms with Gasteiger partial charge in [-0.3, -0.25) is 9.48 Å². The Hall–Kier alpha value is -1.36. The average molecular weight is 250 g/mol. The molecule has 0 bridgehead atoms. The molecular weight excluding hydrogens is 228 g/mol. The lowest BCUT2D eigenvalue weighted by molar-refractivity contribution is -0.136. The number of amides is 1. The number of hydrogen-bond acceptors (Lipinski definition) is 3. The van der Waals surface area contributed by atoms with Crippen LogP contribution in [0.15, 0.2) is 12.4 Å². The van der Waals surface area contributed by atoms with Crippen molar-refractivity contribution in [3.63, 3.8) is 0 Å². The van der Waals surface area contributed by atoms with E-state index in [0.717, 1.165) is 38.0 Å². The molecule has 5 nitrogen and oxygen atoms in total. The predicted octanol–water partition coefficient (Wildman–Crippen LogP) is 0.768. The van der Waals surface area contributed by atoms with Crippen LogP contribution in [0.5, 0.6) is 0 Å². The molecule has 18 heavy (non-hydrogen) atoms. The van der Waals surface area contributed by atoms with E-state index in [0.29, 0.717) is 6.54 Å². The minimum atomic E-state index is 0.148. The van der Waals surface area contributed by atoms with Gasteiger partial charge in [0.05, 0.1) is 12.1 Å². The van der Waals surface area contributed by atoms with Crippen LogP contribution in [-0.4, -0.2) is 40.2 Å². The summed E-state index contributed by atoms with van der Waals surface area (Å²) in [6, 6.07) is 0. The second-order valence-electron chi connectivity index (χ2n) is 4.92. The lowest BCUT2D eigenvalue weighted by Crippen LogP contribution is -2.42. The third-order valence-electron chi connectivity index (χ3n) is 3.47. The lowest BCUT2D eigenvalue weighted by atomic mass is 9.98. The second-order valence-corrected chi connectivity index (χ2v) is 4.92. The molecule has 1 unspecified atom stereocenters. The van der Waals surface area contributed by atoms with Gasteiger partial charge >= 0.3 is 0 Å². The first-order chi connectivity index (χ1) is 8.70. The zero-order valence-electron chi connectivity index (χ0n) is 11.2. The molecule has 2 rings (SSSR count). The zero-order chi connectivity index (χ0) is 13.0. The number of nitrogens with zero attached hydrogens (tertiary/aromatic N) is 3. The van der Waals surface area contributed by atoms with Crippen molar-refractivity contribution in [3.8, 4) is 0 Å². The number of rotatable bonds is 4. The molecule has 100 valence electrons. The van der Waals surface area contributed by atoms with E-state index in [1.54, 1.807) is 4.68 Å². The van der Waals surface area contributed by atoms with Crippen molar-refractivity contribution in [3.05, 3.63) is 18.0 Å². The topological polar surface area (TPSA) is 50.2 Å². The summed E-state index contributed by atoms with van der Waals surface area (Å²) in [6.45, 7) is 5.31. The molecule has 0 saturated carbocycles. The van der Waals surface area contributed by atoms with Gasteiger partial charge in [0.2, 0.25) is 5.91 Å². The molecule has 1 N–H and O–H groups in total. The molecule has 0 radical (unpaired) electrons. The lowest BCUT2D eigenvalue weighted by Gasteiger charge is -2.28. The SMILES string of the molecule is CCN(Cc1cnn(C)c1)C(=O)C1CCCNC1. The van der Waals surface area contributed by atoms with Crippen molar-refractivity contribution < 1.29 is 4.79 Å². The van der Waals surface area contributed by atoms with Crippen LogP contribution in [0.1, 0.15) is 25.3 Å². The van der Waals surface area contributed by atoms with E-state index in [1.165, 1.54) is 0 Å². The Bertz CT molecular complexity index is 395. The number of carbonyl (C=O) groups is 1. The molecule has 1 saturated heterocycles. The van der Waals surface area contributed by atoms with Gasteiger partial charge in [-0.15, -0.1) is 0 Å². The molecule has 1 fully saturated rings. The molecule has 0 aromatic carbocycles. The molecule has 0 spiro atoms. The van der Waals surface area contributed by atoms with Gasteiger partial charge in [0.1, 0.15) is 0 Å². The fourth-order valence-electron chi connectivity index (χ4n) is 2.44. The van der Waals surface area contributed by atoms with Crippen LogP contribution in [0, 0.1) is 5.92 Å². The van der Waals surface area contributed by atoms with Crippen molar-refractivity contribution in [2.45, 2.75) is 26.3 Å². The third kappa shape index (κ3) is 3.10. The number of carbonyl (C=O) groups excluding carboxylic acids is 1.